The Morgan fingerprint density at radius 1 is 1.33 bits per heavy atom. The van der Waals surface area contributed by atoms with Crippen LogP contribution in [0.25, 0.3) is 0 Å². The molecular formula is C13H19F3IN3O. The Labute approximate surface area is 139 Å². The van der Waals surface area contributed by atoms with Gasteiger partial charge >= 0.3 is 6.61 Å². The van der Waals surface area contributed by atoms with Crippen LogP contribution in [-0.2, 0) is 6.54 Å². The highest BCUT2D eigenvalue weighted by atomic mass is 127. The van der Waals surface area contributed by atoms with Gasteiger partial charge in [0.15, 0.2) is 5.96 Å². The molecule has 0 saturated heterocycles. The number of guanidine groups is 1. The molecule has 0 aliphatic rings. The lowest BCUT2D eigenvalue weighted by Gasteiger charge is -2.19. The molecule has 0 spiro atoms. The lowest BCUT2D eigenvalue weighted by Crippen LogP contribution is -2.37. The third-order valence-corrected chi connectivity index (χ3v) is 2.78. The van der Waals surface area contributed by atoms with Crippen LogP contribution in [-0.4, -0.2) is 30.6 Å². The summed E-state index contributed by atoms with van der Waals surface area (Å²) in [6.07, 6.45) is 0. The van der Waals surface area contributed by atoms with Crippen LogP contribution in [0.5, 0.6) is 5.75 Å². The number of nitrogens with two attached hydrogens (primary N) is 1. The van der Waals surface area contributed by atoms with Crippen molar-refractivity contribution in [3.05, 3.63) is 29.6 Å². The number of hydrogen-bond donors (Lipinski definition) is 1. The maximum Gasteiger partial charge on any atom is 0.387 e. The molecule has 0 saturated carbocycles. The molecule has 2 N–H and O–H groups in total. The molecule has 0 aliphatic heterocycles. The Morgan fingerprint density at radius 2 is 1.95 bits per heavy atom. The molecule has 0 heterocycles. The minimum Gasteiger partial charge on any atom is -0.434 e. The highest BCUT2D eigenvalue weighted by Crippen LogP contribution is 2.24. The van der Waals surface area contributed by atoms with Gasteiger partial charge in [-0.15, -0.1) is 24.0 Å². The largest absolute Gasteiger partial charge is 0.434 e. The summed E-state index contributed by atoms with van der Waals surface area (Å²) in [5.41, 5.74) is 5.71. The van der Waals surface area contributed by atoms with Crippen LogP contribution >= 0.6 is 24.0 Å². The van der Waals surface area contributed by atoms with Crippen LogP contribution in [0.1, 0.15) is 19.4 Å². The fourth-order valence-corrected chi connectivity index (χ4v) is 1.71. The first-order valence-corrected chi connectivity index (χ1v) is 6.26. The van der Waals surface area contributed by atoms with Crippen molar-refractivity contribution in [2.75, 3.05) is 13.1 Å². The fourth-order valence-electron chi connectivity index (χ4n) is 1.71. The molecule has 21 heavy (non-hydrogen) atoms. The number of ether oxygens (including phenoxy) is 1. The molecule has 0 amide bonds. The molecule has 4 nitrogen and oxygen atoms in total. The Kier molecular flexibility index (Phi) is 9.14. The molecular weight excluding hydrogens is 398 g/mol. The third-order valence-electron chi connectivity index (χ3n) is 2.78. The van der Waals surface area contributed by atoms with Crippen molar-refractivity contribution in [3.63, 3.8) is 0 Å². The first-order chi connectivity index (χ1) is 9.49. The highest BCUT2D eigenvalue weighted by molar-refractivity contribution is 14.0. The van der Waals surface area contributed by atoms with Crippen molar-refractivity contribution < 1.29 is 17.9 Å². The minimum atomic E-state index is -3.01. The molecule has 0 aromatic heterocycles. The van der Waals surface area contributed by atoms with E-state index in [0.29, 0.717) is 13.1 Å². The van der Waals surface area contributed by atoms with Crippen molar-refractivity contribution >= 4 is 29.9 Å². The molecule has 0 fully saturated rings. The smallest absolute Gasteiger partial charge is 0.387 e. The van der Waals surface area contributed by atoms with Gasteiger partial charge in [0.25, 0.3) is 0 Å². The van der Waals surface area contributed by atoms with E-state index in [-0.39, 0.29) is 47.8 Å². The quantitative estimate of drug-likeness (QED) is 0.440. The Hall–Kier alpha value is -1.19. The van der Waals surface area contributed by atoms with Gasteiger partial charge in [0.2, 0.25) is 0 Å². The first-order valence-electron chi connectivity index (χ1n) is 6.26. The summed E-state index contributed by atoms with van der Waals surface area (Å²) < 4.78 is 42.5. The Morgan fingerprint density at radius 3 is 2.48 bits per heavy atom. The lowest BCUT2D eigenvalue weighted by molar-refractivity contribution is -0.0506. The predicted octanol–water partition coefficient (Wildman–Crippen LogP) is 3.20. The summed E-state index contributed by atoms with van der Waals surface area (Å²) in [7, 11) is 0. The Bertz CT molecular complexity index is 468. The lowest BCUT2D eigenvalue weighted by atomic mass is 10.2. The van der Waals surface area contributed by atoms with Crippen LogP contribution in [0.3, 0.4) is 0 Å². The minimum absolute atomic E-state index is 0. The van der Waals surface area contributed by atoms with Crippen molar-refractivity contribution in [2.45, 2.75) is 27.0 Å². The maximum atomic E-state index is 13.7. The second-order valence-electron chi connectivity index (χ2n) is 3.94. The standard InChI is InChI=1S/C13H18F3N3O.HI/c1-3-19(4-2)13(17)18-8-9-10(14)6-5-7-11(9)20-12(15)16;/h5-7,12H,3-4,8H2,1-2H3,(H2,17,18);1H. The molecule has 1 aromatic rings. The maximum absolute atomic E-state index is 13.7. The topological polar surface area (TPSA) is 50.8 Å². The average Bonchev–Trinajstić information content (AvgIpc) is 2.38. The van der Waals surface area contributed by atoms with Crippen LogP contribution < -0.4 is 10.5 Å². The van der Waals surface area contributed by atoms with Gasteiger partial charge in [-0.3, -0.25) is 0 Å². The van der Waals surface area contributed by atoms with Crippen molar-refractivity contribution in [2.24, 2.45) is 10.7 Å². The van der Waals surface area contributed by atoms with Gasteiger partial charge in [-0.2, -0.15) is 8.78 Å². The van der Waals surface area contributed by atoms with E-state index in [1.165, 1.54) is 12.1 Å². The zero-order valence-corrected chi connectivity index (χ0v) is 14.2. The number of alkyl halides is 2. The molecule has 0 bridgehead atoms. The fraction of sp³-hybridized carbons (Fsp3) is 0.462. The van der Waals surface area contributed by atoms with Gasteiger partial charge in [0.1, 0.15) is 11.6 Å². The van der Waals surface area contributed by atoms with Crippen LogP contribution in [0.2, 0.25) is 0 Å². The van der Waals surface area contributed by atoms with Crippen LogP contribution in [0.15, 0.2) is 23.2 Å². The van der Waals surface area contributed by atoms with E-state index >= 15 is 0 Å². The molecule has 0 atom stereocenters. The number of rotatable bonds is 6. The van der Waals surface area contributed by atoms with Gasteiger partial charge < -0.3 is 15.4 Å². The van der Waals surface area contributed by atoms with E-state index < -0.39 is 12.4 Å². The first kappa shape index (κ1) is 19.8. The monoisotopic (exact) mass is 417 g/mol. The number of halogens is 4. The highest BCUT2D eigenvalue weighted by Gasteiger charge is 2.13. The van der Waals surface area contributed by atoms with Gasteiger partial charge in [-0.05, 0) is 26.0 Å². The normalized spacial score (nSPS) is 11.2. The van der Waals surface area contributed by atoms with Gasteiger partial charge in [-0.1, -0.05) is 6.07 Å². The van der Waals surface area contributed by atoms with Crippen molar-refractivity contribution in [1.29, 1.82) is 0 Å². The third kappa shape index (κ3) is 5.98. The summed E-state index contributed by atoms with van der Waals surface area (Å²) >= 11 is 0. The summed E-state index contributed by atoms with van der Waals surface area (Å²) in [5.74, 6) is -0.642. The van der Waals surface area contributed by atoms with E-state index in [1.807, 2.05) is 13.8 Å². The second-order valence-corrected chi connectivity index (χ2v) is 3.94. The average molecular weight is 417 g/mol. The Balaban J connectivity index is 0.00000400. The number of nitrogens with zero attached hydrogens (tertiary/aromatic N) is 2. The van der Waals surface area contributed by atoms with E-state index in [9.17, 15) is 13.2 Å². The number of benzene rings is 1. The molecule has 0 radical (unpaired) electrons. The summed E-state index contributed by atoms with van der Waals surface area (Å²) in [6.45, 7) is 1.95. The van der Waals surface area contributed by atoms with Crippen LogP contribution in [0.4, 0.5) is 13.2 Å². The van der Waals surface area contributed by atoms with Crippen molar-refractivity contribution in [1.82, 2.24) is 4.90 Å². The van der Waals surface area contributed by atoms with E-state index in [1.54, 1.807) is 4.90 Å². The second kappa shape index (κ2) is 9.69. The molecule has 1 rings (SSSR count). The molecule has 0 aliphatic carbocycles. The van der Waals surface area contributed by atoms with Crippen LogP contribution in [0, 0.1) is 5.82 Å². The van der Waals surface area contributed by atoms with E-state index in [2.05, 4.69) is 9.73 Å². The molecule has 120 valence electrons. The molecule has 8 heteroatoms. The molecule has 1 aromatic carbocycles. The molecule has 0 unspecified atom stereocenters. The van der Waals surface area contributed by atoms with Gasteiger partial charge in [0, 0.05) is 13.1 Å². The van der Waals surface area contributed by atoms with E-state index in [0.717, 1.165) is 6.07 Å². The zero-order chi connectivity index (χ0) is 15.1. The van der Waals surface area contributed by atoms with Crippen molar-refractivity contribution in [3.8, 4) is 5.75 Å². The predicted molar refractivity (Wildman–Crippen MR) is 86.7 cm³/mol. The number of hydrogen-bond acceptors (Lipinski definition) is 2. The SMILES string of the molecule is CCN(CC)C(N)=NCc1c(F)cccc1OC(F)F.I. The van der Waals surface area contributed by atoms with Gasteiger partial charge in [-0.25, -0.2) is 9.38 Å². The summed E-state index contributed by atoms with van der Waals surface area (Å²) in [4.78, 5) is 5.79. The summed E-state index contributed by atoms with van der Waals surface area (Å²) in [5, 5.41) is 0. The number of aliphatic imine (C=N–C) groups is 1. The summed E-state index contributed by atoms with van der Waals surface area (Å²) in [6, 6.07) is 3.73. The zero-order valence-electron chi connectivity index (χ0n) is 11.9. The van der Waals surface area contributed by atoms with E-state index in [4.69, 9.17) is 5.73 Å². The van der Waals surface area contributed by atoms with Gasteiger partial charge in [0.05, 0.1) is 12.1 Å².